The normalized spacial score (nSPS) is 28.1. The van der Waals surface area contributed by atoms with Gasteiger partial charge in [0.2, 0.25) is 0 Å². The van der Waals surface area contributed by atoms with Crippen LogP contribution in [0.4, 0.5) is 0 Å². The first-order valence-electron chi connectivity index (χ1n) is 4.72. The zero-order valence-corrected chi connectivity index (χ0v) is 7.93. The summed E-state index contributed by atoms with van der Waals surface area (Å²) < 4.78 is 0. The molecule has 0 bridgehead atoms. The Labute approximate surface area is 78.1 Å². The Kier molecular flexibility index (Phi) is 2.33. The average Bonchev–Trinajstić information content (AvgIpc) is 2.72. The van der Waals surface area contributed by atoms with Crippen LogP contribution in [0.5, 0.6) is 0 Å². The summed E-state index contributed by atoms with van der Waals surface area (Å²) in [4.78, 5) is 7.06. The van der Waals surface area contributed by atoms with E-state index in [9.17, 15) is 0 Å². The molecule has 4 heteroatoms. The van der Waals surface area contributed by atoms with E-state index < -0.39 is 0 Å². The predicted octanol–water partition coefficient (Wildman–Crippen LogP) is 0.251. The zero-order chi connectivity index (χ0) is 9.15. The quantitative estimate of drug-likeness (QED) is 0.625. The Balaban J connectivity index is 1.85. The van der Waals surface area contributed by atoms with Gasteiger partial charge in [0, 0.05) is 30.5 Å². The maximum Gasteiger partial charge on any atom is 0.0922 e. The van der Waals surface area contributed by atoms with Gasteiger partial charge >= 0.3 is 0 Å². The molecule has 1 aliphatic rings. The molecule has 72 valence electrons. The summed E-state index contributed by atoms with van der Waals surface area (Å²) >= 11 is 0. The third-order valence-electron chi connectivity index (χ3n) is 2.63. The number of imidazole rings is 1. The van der Waals surface area contributed by atoms with Crippen molar-refractivity contribution in [3.05, 3.63) is 18.2 Å². The maximum atomic E-state index is 3.98. The summed E-state index contributed by atoms with van der Waals surface area (Å²) in [6.45, 7) is 5.30. The summed E-state index contributed by atoms with van der Waals surface area (Å²) in [7, 11) is 0. The van der Waals surface area contributed by atoms with E-state index in [-0.39, 0.29) is 5.54 Å². The monoisotopic (exact) mass is 180 g/mol. The van der Waals surface area contributed by atoms with Crippen molar-refractivity contribution in [2.24, 2.45) is 0 Å². The summed E-state index contributed by atoms with van der Waals surface area (Å²) in [5.74, 6) is 0. The Hall–Kier alpha value is -0.870. The lowest BCUT2D eigenvalue weighted by molar-refractivity contribution is 0.383. The predicted molar refractivity (Wildman–Crippen MR) is 51.3 cm³/mol. The van der Waals surface area contributed by atoms with E-state index in [4.69, 9.17) is 0 Å². The molecule has 0 radical (unpaired) electrons. The van der Waals surface area contributed by atoms with Crippen LogP contribution in [0.25, 0.3) is 0 Å². The molecule has 1 aromatic heterocycles. The topological polar surface area (TPSA) is 52.7 Å². The second kappa shape index (κ2) is 3.47. The number of aromatic amines is 1. The minimum Gasteiger partial charge on any atom is -0.347 e. The van der Waals surface area contributed by atoms with Crippen molar-refractivity contribution in [3.63, 3.8) is 0 Å². The van der Waals surface area contributed by atoms with Crippen LogP contribution in [0.2, 0.25) is 0 Å². The van der Waals surface area contributed by atoms with Crippen LogP contribution < -0.4 is 10.6 Å². The van der Waals surface area contributed by atoms with E-state index in [1.165, 1.54) is 6.42 Å². The van der Waals surface area contributed by atoms with Crippen LogP contribution in [-0.4, -0.2) is 28.6 Å². The lowest BCUT2D eigenvalue weighted by atomic mass is 10.0. The van der Waals surface area contributed by atoms with E-state index in [1.54, 1.807) is 6.33 Å². The average molecular weight is 180 g/mol. The van der Waals surface area contributed by atoms with Crippen LogP contribution in [0.15, 0.2) is 12.5 Å². The largest absolute Gasteiger partial charge is 0.347 e. The van der Waals surface area contributed by atoms with Gasteiger partial charge in [-0.05, 0) is 19.9 Å². The molecule has 1 saturated heterocycles. The third kappa shape index (κ3) is 2.08. The molecule has 0 aromatic carbocycles. The van der Waals surface area contributed by atoms with Crippen LogP contribution >= 0.6 is 0 Å². The maximum absolute atomic E-state index is 3.98. The Bertz CT molecular complexity index is 249. The zero-order valence-electron chi connectivity index (χ0n) is 7.93. The van der Waals surface area contributed by atoms with E-state index in [0.717, 1.165) is 25.3 Å². The molecule has 3 N–H and O–H groups in total. The second-order valence-electron chi connectivity index (χ2n) is 3.92. The molecule has 2 rings (SSSR count). The van der Waals surface area contributed by atoms with Crippen molar-refractivity contribution in [2.45, 2.75) is 25.4 Å². The summed E-state index contributed by atoms with van der Waals surface area (Å²) in [6, 6.07) is 0. The Morgan fingerprint density at radius 2 is 2.62 bits per heavy atom. The minimum atomic E-state index is 0.255. The van der Waals surface area contributed by atoms with E-state index in [2.05, 4.69) is 27.5 Å². The smallest absolute Gasteiger partial charge is 0.0922 e. The standard InChI is InChI=1S/C9H16N4/c1-9(2-3-10-6-9)13-5-8-4-11-7-12-8/h4,7,10,13H,2-3,5-6H2,1H3,(H,11,12). The molecule has 0 aliphatic carbocycles. The Morgan fingerprint density at radius 3 is 3.23 bits per heavy atom. The van der Waals surface area contributed by atoms with Crippen LogP contribution in [-0.2, 0) is 6.54 Å². The fourth-order valence-corrected chi connectivity index (χ4v) is 1.66. The van der Waals surface area contributed by atoms with E-state index >= 15 is 0 Å². The first-order chi connectivity index (χ1) is 6.29. The van der Waals surface area contributed by atoms with Gasteiger partial charge < -0.3 is 15.6 Å². The van der Waals surface area contributed by atoms with Crippen LogP contribution in [0.1, 0.15) is 19.0 Å². The van der Waals surface area contributed by atoms with Crippen molar-refractivity contribution in [3.8, 4) is 0 Å². The summed E-state index contributed by atoms with van der Waals surface area (Å²) in [6.07, 6.45) is 4.77. The van der Waals surface area contributed by atoms with Gasteiger partial charge in [0.15, 0.2) is 0 Å². The third-order valence-corrected chi connectivity index (χ3v) is 2.63. The lowest BCUT2D eigenvalue weighted by Crippen LogP contribution is -2.43. The van der Waals surface area contributed by atoms with Gasteiger partial charge in [0.25, 0.3) is 0 Å². The van der Waals surface area contributed by atoms with Gasteiger partial charge in [-0.25, -0.2) is 4.98 Å². The van der Waals surface area contributed by atoms with E-state index in [1.807, 2.05) is 6.20 Å². The summed E-state index contributed by atoms with van der Waals surface area (Å²) in [5.41, 5.74) is 1.40. The fourth-order valence-electron chi connectivity index (χ4n) is 1.66. The number of hydrogen-bond acceptors (Lipinski definition) is 3. The minimum absolute atomic E-state index is 0.255. The Morgan fingerprint density at radius 1 is 1.69 bits per heavy atom. The molecule has 1 aromatic rings. The summed E-state index contributed by atoms with van der Waals surface area (Å²) in [5, 5.41) is 6.88. The lowest BCUT2D eigenvalue weighted by Gasteiger charge is -2.23. The molecule has 4 nitrogen and oxygen atoms in total. The highest BCUT2D eigenvalue weighted by molar-refractivity contribution is 4.98. The molecule has 1 unspecified atom stereocenters. The number of rotatable bonds is 3. The molecule has 1 atom stereocenters. The molecule has 0 amide bonds. The van der Waals surface area contributed by atoms with Crippen LogP contribution in [0, 0.1) is 0 Å². The SMILES string of the molecule is CC1(NCc2cnc[nH]2)CCNC1. The molecule has 1 fully saturated rings. The van der Waals surface area contributed by atoms with Crippen molar-refractivity contribution in [1.82, 2.24) is 20.6 Å². The molecule has 0 spiro atoms. The van der Waals surface area contributed by atoms with Gasteiger partial charge in [0.1, 0.15) is 0 Å². The molecular formula is C9H16N4. The number of nitrogens with one attached hydrogen (secondary N) is 3. The highest BCUT2D eigenvalue weighted by atomic mass is 15.1. The molecule has 0 saturated carbocycles. The molecule has 13 heavy (non-hydrogen) atoms. The fraction of sp³-hybridized carbons (Fsp3) is 0.667. The number of aromatic nitrogens is 2. The number of H-pyrrole nitrogens is 1. The van der Waals surface area contributed by atoms with Crippen molar-refractivity contribution in [2.75, 3.05) is 13.1 Å². The first-order valence-corrected chi connectivity index (χ1v) is 4.72. The second-order valence-corrected chi connectivity index (χ2v) is 3.92. The van der Waals surface area contributed by atoms with Gasteiger partial charge in [-0.3, -0.25) is 0 Å². The highest BCUT2D eigenvalue weighted by Crippen LogP contribution is 2.13. The van der Waals surface area contributed by atoms with Gasteiger partial charge in [-0.1, -0.05) is 0 Å². The van der Waals surface area contributed by atoms with Gasteiger partial charge in [-0.15, -0.1) is 0 Å². The first kappa shape index (κ1) is 8.72. The van der Waals surface area contributed by atoms with Gasteiger partial charge in [-0.2, -0.15) is 0 Å². The number of hydrogen-bond donors (Lipinski definition) is 3. The van der Waals surface area contributed by atoms with Gasteiger partial charge in [0.05, 0.1) is 6.33 Å². The van der Waals surface area contributed by atoms with Crippen molar-refractivity contribution >= 4 is 0 Å². The molecular weight excluding hydrogens is 164 g/mol. The highest BCUT2D eigenvalue weighted by Gasteiger charge is 2.27. The molecule has 1 aliphatic heterocycles. The van der Waals surface area contributed by atoms with Crippen molar-refractivity contribution < 1.29 is 0 Å². The molecule has 2 heterocycles. The van der Waals surface area contributed by atoms with E-state index in [0.29, 0.717) is 0 Å². The number of nitrogens with zero attached hydrogens (tertiary/aromatic N) is 1. The van der Waals surface area contributed by atoms with Crippen molar-refractivity contribution in [1.29, 1.82) is 0 Å². The van der Waals surface area contributed by atoms with Crippen LogP contribution in [0.3, 0.4) is 0 Å².